The van der Waals surface area contributed by atoms with Gasteiger partial charge >= 0.3 is 0 Å². The summed E-state index contributed by atoms with van der Waals surface area (Å²) in [6, 6.07) is 22.1. The first-order chi connectivity index (χ1) is 17.5. The first-order valence-corrected chi connectivity index (χ1v) is 12.6. The van der Waals surface area contributed by atoms with Crippen molar-refractivity contribution in [2.24, 2.45) is 0 Å². The van der Waals surface area contributed by atoms with Crippen molar-refractivity contribution in [2.45, 2.75) is 50.7 Å². The van der Waals surface area contributed by atoms with Crippen LogP contribution < -0.4 is 10.1 Å². The van der Waals surface area contributed by atoms with E-state index in [1.54, 1.807) is 30.3 Å². The first-order valence-electron chi connectivity index (χ1n) is 12.2. The summed E-state index contributed by atoms with van der Waals surface area (Å²) in [4.78, 5) is 28.7. The van der Waals surface area contributed by atoms with Crippen LogP contribution >= 0.6 is 11.6 Å². The van der Waals surface area contributed by atoms with E-state index in [-0.39, 0.29) is 24.2 Å². The minimum atomic E-state index is -0.774. The molecule has 5 nitrogen and oxygen atoms in total. The van der Waals surface area contributed by atoms with E-state index >= 15 is 0 Å². The maximum atomic E-state index is 14.1. The molecule has 0 spiro atoms. The molecule has 1 saturated carbocycles. The van der Waals surface area contributed by atoms with Crippen LogP contribution in [0.2, 0.25) is 5.02 Å². The summed E-state index contributed by atoms with van der Waals surface area (Å²) in [6.07, 6.45) is 4.36. The van der Waals surface area contributed by atoms with Crippen molar-refractivity contribution in [1.82, 2.24) is 10.2 Å². The highest BCUT2D eigenvalue weighted by Crippen LogP contribution is 2.21. The van der Waals surface area contributed by atoms with Gasteiger partial charge < -0.3 is 15.0 Å². The lowest BCUT2D eigenvalue weighted by atomic mass is 10.0. The number of amides is 2. The number of carbonyl (C=O) groups excluding carboxylic acids is 2. The molecule has 2 amide bonds. The molecule has 7 heteroatoms. The van der Waals surface area contributed by atoms with Gasteiger partial charge in [-0.05, 0) is 48.2 Å². The fourth-order valence-electron chi connectivity index (χ4n) is 4.54. The molecule has 1 atom stereocenters. The number of nitrogens with one attached hydrogen (secondary N) is 1. The van der Waals surface area contributed by atoms with Crippen LogP contribution in [0.4, 0.5) is 4.39 Å². The molecular weight excluding hydrogens is 479 g/mol. The van der Waals surface area contributed by atoms with E-state index in [4.69, 9.17) is 16.3 Å². The molecule has 3 aromatic rings. The Balaban J connectivity index is 1.62. The molecule has 1 N–H and O–H groups in total. The summed E-state index contributed by atoms with van der Waals surface area (Å²) in [5.41, 5.74) is 1.72. The molecule has 3 aromatic carbocycles. The highest BCUT2D eigenvalue weighted by atomic mass is 35.5. The highest BCUT2D eigenvalue weighted by molar-refractivity contribution is 6.30. The SMILES string of the molecule is O=C(NC1CCCC1)C(Cc1ccccc1)N(Cc1cccc(Cl)c1)C(=O)COc1ccccc1F. The van der Waals surface area contributed by atoms with E-state index < -0.39 is 24.4 Å². The molecule has 188 valence electrons. The Morgan fingerprint density at radius 3 is 2.39 bits per heavy atom. The van der Waals surface area contributed by atoms with Gasteiger partial charge in [0.05, 0.1) is 0 Å². The summed E-state index contributed by atoms with van der Waals surface area (Å²) >= 11 is 6.20. The van der Waals surface area contributed by atoms with E-state index in [1.165, 1.54) is 17.0 Å². The number of ether oxygens (including phenoxy) is 1. The van der Waals surface area contributed by atoms with Crippen LogP contribution in [-0.2, 0) is 22.6 Å². The number of rotatable bonds is 10. The van der Waals surface area contributed by atoms with Gasteiger partial charge in [0.25, 0.3) is 5.91 Å². The number of para-hydroxylation sites is 1. The van der Waals surface area contributed by atoms with Crippen molar-refractivity contribution in [1.29, 1.82) is 0 Å². The highest BCUT2D eigenvalue weighted by Gasteiger charge is 2.32. The summed E-state index contributed by atoms with van der Waals surface area (Å²) < 4.78 is 19.6. The Bertz CT molecular complexity index is 1170. The summed E-state index contributed by atoms with van der Waals surface area (Å²) in [7, 11) is 0. The zero-order valence-electron chi connectivity index (χ0n) is 20.0. The average molecular weight is 509 g/mol. The molecule has 0 bridgehead atoms. The van der Waals surface area contributed by atoms with Crippen LogP contribution in [0.3, 0.4) is 0 Å². The van der Waals surface area contributed by atoms with Gasteiger partial charge in [0.15, 0.2) is 18.2 Å². The second-order valence-corrected chi connectivity index (χ2v) is 9.50. The number of hydrogen-bond acceptors (Lipinski definition) is 3. The maximum absolute atomic E-state index is 14.1. The van der Waals surface area contributed by atoms with Crippen molar-refractivity contribution in [3.8, 4) is 5.75 Å². The van der Waals surface area contributed by atoms with Gasteiger partial charge in [-0.1, -0.05) is 79.0 Å². The van der Waals surface area contributed by atoms with Crippen LogP contribution in [0.25, 0.3) is 0 Å². The minimum absolute atomic E-state index is 0.0106. The van der Waals surface area contributed by atoms with E-state index in [9.17, 15) is 14.0 Å². The zero-order valence-corrected chi connectivity index (χ0v) is 20.8. The van der Waals surface area contributed by atoms with Crippen LogP contribution in [0.15, 0.2) is 78.9 Å². The number of halogens is 2. The van der Waals surface area contributed by atoms with Gasteiger partial charge in [0, 0.05) is 24.0 Å². The standard InChI is InChI=1S/C29H30ClFN2O3/c30-23-12-8-11-22(17-23)19-33(28(34)20-36-27-16-7-6-15-25(27)31)26(18-21-9-2-1-3-10-21)29(35)32-24-13-4-5-14-24/h1-3,6-12,15-17,24,26H,4-5,13-14,18-20H2,(H,32,35). The topological polar surface area (TPSA) is 58.6 Å². The number of carbonyl (C=O) groups is 2. The third-order valence-corrected chi connectivity index (χ3v) is 6.64. The van der Waals surface area contributed by atoms with Gasteiger partial charge in [-0.25, -0.2) is 4.39 Å². The fourth-order valence-corrected chi connectivity index (χ4v) is 4.75. The minimum Gasteiger partial charge on any atom is -0.481 e. The van der Waals surface area contributed by atoms with E-state index in [2.05, 4.69) is 5.32 Å². The summed E-state index contributed by atoms with van der Waals surface area (Å²) in [5.74, 6) is -1.18. The monoisotopic (exact) mass is 508 g/mol. The molecule has 0 heterocycles. The van der Waals surface area contributed by atoms with Crippen molar-refractivity contribution >= 4 is 23.4 Å². The molecule has 36 heavy (non-hydrogen) atoms. The van der Waals surface area contributed by atoms with Gasteiger partial charge in [0.2, 0.25) is 5.91 Å². The lowest BCUT2D eigenvalue weighted by Crippen LogP contribution is -2.53. The van der Waals surface area contributed by atoms with Gasteiger partial charge in [0.1, 0.15) is 6.04 Å². The van der Waals surface area contributed by atoms with E-state index in [0.29, 0.717) is 11.4 Å². The largest absolute Gasteiger partial charge is 0.481 e. The number of nitrogens with zero attached hydrogens (tertiary/aromatic N) is 1. The molecule has 0 aliphatic heterocycles. The third kappa shape index (κ3) is 7.08. The average Bonchev–Trinajstić information content (AvgIpc) is 3.39. The van der Waals surface area contributed by atoms with Crippen LogP contribution in [0, 0.1) is 5.82 Å². The zero-order chi connectivity index (χ0) is 25.3. The summed E-state index contributed by atoms with van der Waals surface area (Å²) in [6.45, 7) is -0.237. The smallest absolute Gasteiger partial charge is 0.261 e. The molecule has 0 aromatic heterocycles. The van der Waals surface area contributed by atoms with Crippen LogP contribution in [-0.4, -0.2) is 35.4 Å². The quantitative estimate of drug-likeness (QED) is 0.390. The molecule has 0 radical (unpaired) electrons. The number of hydrogen-bond donors (Lipinski definition) is 1. The van der Waals surface area contributed by atoms with Crippen molar-refractivity contribution in [3.05, 3.63) is 101 Å². The van der Waals surface area contributed by atoms with E-state index in [0.717, 1.165) is 36.8 Å². The van der Waals surface area contributed by atoms with Crippen LogP contribution in [0.5, 0.6) is 5.75 Å². The maximum Gasteiger partial charge on any atom is 0.261 e. The molecule has 1 fully saturated rings. The first kappa shape index (κ1) is 25.7. The Morgan fingerprint density at radius 2 is 1.67 bits per heavy atom. The molecular formula is C29H30ClFN2O3. The predicted molar refractivity (Wildman–Crippen MR) is 138 cm³/mol. The Labute approximate surface area is 216 Å². The van der Waals surface area contributed by atoms with E-state index in [1.807, 2.05) is 36.4 Å². The lowest BCUT2D eigenvalue weighted by molar-refractivity contribution is -0.143. The Morgan fingerprint density at radius 1 is 0.972 bits per heavy atom. The molecule has 1 aliphatic rings. The van der Waals surface area contributed by atoms with Crippen LogP contribution in [0.1, 0.15) is 36.8 Å². The van der Waals surface area contributed by atoms with Crippen molar-refractivity contribution in [2.75, 3.05) is 6.61 Å². The normalized spacial score (nSPS) is 14.3. The van der Waals surface area contributed by atoms with Crippen molar-refractivity contribution < 1.29 is 18.7 Å². The Hall–Kier alpha value is -3.38. The van der Waals surface area contributed by atoms with Gasteiger partial charge in [-0.3, -0.25) is 9.59 Å². The molecule has 1 aliphatic carbocycles. The summed E-state index contributed by atoms with van der Waals surface area (Å²) in [5, 5.41) is 3.69. The molecule has 1 unspecified atom stereocenters. The van der Waals surface area contributed by atoms with Gasteiger partial charge in [-0.15, -0.1) is 0 Å². The molecule has 4 rings (SSSR count). The Kier molecular flexibility index (Phi) is 8.95. The predicted octanol–water partition coefficient (Wildman–Crippen LogP) is 5.56. The van der Waals surface area contributed by atoms with Crippen molar-refractivity contribution in [3.63, 3.8) is 0 Å². The third-order valence-electron chi connectivity index (χ3n) is 6.40. The van der Waals surface area contributed by atoms with Gasteiger partial charge in [-0.2, -0.15) is 0 Å². The second kappa shape index (κ2) is 12.5. The fraction of sp³-hybridized carbons (Fsp3) is 0.310. The molecule has 0 saturated heterocycles. The lowest BCUT2D eigenvalue weighted by Gasteiger charge is -2.32. The second-order valence-electron chi connectivity index (χ2n) is 9.07. The number of benzene rings is 3.